The van der Waals surface area contributed by atoms with Gasteiger partial charge in [0.05, 0.1) is 17.2 Å². The number of benzene rings is 2. The monoisotopic (exact) mass is 440 g/mol. The van der Waals surface area contributed by atoms with Crippen molar-refractivity contribution in [3.8, 4) is 11.5 Å². The molecule has 0 fully saturated rings. The van der Waals surface area contributed by atoms with Gasteiger partial charge in [-0.15, -0.1) is 0 Å². The fourth-order valence-electron chi connectivity index (χ4n) is 4.14. The minimum Gasteiger partial charge on any atom is -0.486 e. The van der Waals surface area contributed by atoms with Crippen LogP contribution in [0.2, 0.25) is 0 Å². The third-order valence-electron chi connectivity index (χ3n) is 5.76. The third-order valence-corrected chi connectivity index (χ3v) is 7.18. The Hall–Kier alpha value is -2.81. The van der Waals surface area contributed by atoms with Crippen molar-refractivity contribution in [3.63, 3.8) is 0 Å². The van der Waals surface area contributed by atoms with Gasteiger partial charge in [0.15, 0.2) is 11.5 Å². The number of fused-ring (bicyclic) bond motifs is 2. The molecule has 162 valence electrons. The Bertz CT molecular complexity index is 1160. The Labute approximate surface area is 181 Å². The summed E-state index contributed by atoms with van der Waals surface area (Å²) in [6, 6.07) is 16.6. The summed E-state index contributed by atoms with van der Waals surface area (Å²) in [5, 5.41) is 0. The lowest BCUT2D eigenvalue weighted by molar-refractivity contribution is 0.160. The van der Waals surface area contributed by atoms with E-state index in [1.165, 1.54) is 23.3 Å². The van der Waals surface area contributed by atoms with Crippen LogP contribution < -0.4 is 14.2 Å². The molecule has 31 heavy (non-hydrogen) atoms. The summed E-state index contributed by atoms with van der Waals surface area (Å²) in [5.41, 5.74) is 2.61. The molecule has 3 heterocycles. The van der Waals surface area contributed by atoms with Gasteiger partial charge in [-0.3, -0.25) is 4.90 Å². The molecule has 7 nitrogen and oxygen atoms in total. The van der Waals surface area contributed by atoms with E-state index in [0.717, 1.165) is 25.3 Å². The normalized spacial score (nSPS) is 17.2. The van der Waals surface area contributed by atoms with E-state index in [2.05, 4.69) is 27.8 Å². The van der Waals surface area contributed by atoms with Crippen molar-refractivity contribution in [1.29, 1.82) is 0 Å². The van der Waals surface area contributed by atoms with Crippen LogP contribution in [0.25, 0.3) is 0 Å². The van der Waals surface area contributed by atoms with E-state index >= 15 is 0 Å². The number of hydrogen-bond donors (Lipinski definition) is 1. The van der Waals surface area contributed by atoms with Gasteiger partial charge in [-0.25, -0.2) is 13.1 Å². The molecule has 0 saturated carbocycles. The fourth-order valence-corrected chi connectivity index (χ4v) is 5.19. The number of rotatable bonds is 6. The maximum Gasteiger partial charge on any atom is 0.240 e. The first kappa shape index (κ1) is 20.1. The SMILES string of the molecule is O=S(=O)(NCC(c1ccco1)N1CCc2ccccc2C1)c1ccc2c(c1)OCCO2. The minimum atomic E-state index is -3.73. The second kappa shape index (κ2) is 8.37. The lowest BCUT2D eigenvalue weighted by atomic mass is 9.98. The Morgan fingerprint density at radius 3 is 2.58 bits per heavy atom. The van der Waals surface area contributed by atoms with Gasteiger partial charge in [-0.2, -0.15) is 0 Å². The van der Waals surface area contributed by atoms with Crippen molar-refractivity contribution in [2.45, 2.75) is 23.9 Å². The molecule has 3 aromatic rings. The van der Waals surface area contributed by atoms with Gasteiger partial charge < -0.3 is 13.9 Å². The predicted molar refractivity (Wildman–Crippen MR) is 115 cm³/mol. The fraction of sp³-hybridized carbons (Fsp3) is 0.304. The molecule has 1 atom stereocenters. The summed E-state index contributed by atoms with van der Waals surface area (Å²) in [7, 11) is -3.73. The summed E-state index contributed by atoms with van der Waals surface area (Å²) < 4.78 is 45.5. The van der Waals surface area contributed by atoms with Gasteiger partial charge in [0, 0.05) is 25.7 Å². The third kappa shape index (κ3) is 4.19. The lowest BCUT2D eigenvalue weighted by Crippen LogP contribution is -2.40. The molecular weight excluding hydrogens is 416 g/mol. The van der Waals surface area contributed by atoms with Gasteiger partial charge in [-0.1, -0.05) is 24.3 Å². The van der Waals surface area contributed by atoms with E-state index in [-0.39, 0.29) is 17.5 Å². The van der Waals surface area contributed by atoms with Crippen LogP contribution in [0, 0.1) is 0 Å². The van der Waals surface area contributed by atoms with Crippen molar-refractivity contribution in [2.24, 2.45) is 0 Å². The van der Waals surface area contributed by atoms with E-state index in [0.29, 0.717) is 24.7 Å². The van der Waals surface area contributed by atoms with Crippen molar-refractivity contribution in [1.82, 2.24) is 9.62 Å². The van der Waals surface area contributed by atoms with Crippen LogP contribution >= 0.6 is 0 Å². The first-order chi connectivity index (χ1) is 15.1. The zero-order valence-corrected chi connectivity index (χ0v) is 17.8. The van der Waals surface area contributed by atoms with Crippen LogP contribution in [-0.4, -0.2) is 39.6 Å². The highest BCUT2D eigenvalue weighted by molar-refractivity contribution is 7.89. The number of nitrogens with one attached hydrogen (secondary N) is 1. The van der Waals surface area contributed by atoms with E-state index in [1.54, 1.807) is 12.3 Å². The zero-order valence-electron chi connectivity index (χ0n) is 17.0. The molecule has 1 unspecified atom stereocenters. The number of nitrogens with zero attached hydrogens (tertiary/aromatic N) is 1. The molecule has 1 N–H and O–H groups in total. The molecular formula is C23H24N2O5S. The molecule has 0 spiro atoms. The molecule has 2 aliphatic rings. The molecule has 5 rings (SSSR count). The highest BCUT2D eigenvalue weighted by Gasteiger charge is 2.28. The quantitative estimate of drug-likeness (QED) is 0.634. The van der Waals surface area contributed by atoms with Crippen LogP contribution in [0.1, 0.15) is 22.9 Å². The van der Waals surface area contributed by atoms with Gasteiger partial charge in [0.2, 0.25) is 10.0 Å². The van der Waals surface area contributed by atoms with Crippen molar-refractivity contribution >= 4 is 10.0 Å². The second-order valence-corrected chi connectivity index (χ2v) is 9.44. The summed E-state index contributed by atoms with van der Waals surface area (Å²) in [5.74, 6) is 1.75. The molecule has 0 aliphatic carbocycles. The van der Waals surface area contributed by atoms with Crippen molar-refractivity contribution < 1.29 is 22.3 Å². The highest BCUT2D eigenvalue weighted by atomic mass is 32.2. The van der Waals surface area contributed by atoms with E-state index in [9.17, 15) is 8.42 Å². The minimum absolute atomic E-state index is 0.152. The number of ether oxygens (including phenoxy) is 2. The van der Waals surface area contributed by atoms with Gasteiger partial charge >= 0.3 is 0 Å². The number of sulfonamides is 1. The maximum atomic E-state index is 13.0. The smallest absolute Gasteiger partial charge is 0.240 e. The average molecular weight is 441 g/mol. The zero-order chi connectivity index (χ0) is 21.3. The standard InChI is InChI=1S/C23H24N2O5S/c26-31(27,19-7-8-22-23(14-19)30-13-12-29-22)24-15-20(21-6-3-11-28-21)25-10-9-17-4-1-2-5-18(17)16-25/h1-8,11,14,20,24H,9-10,12-13,15-16H2. The Balaban J connectivity index is 1.36. The van der Waals surface area contributed by atoms with E-state index < -0.39 is 10.0 Å². The number of furan rings is 1. The van der Waals surface area contributed by atoms with Crippen LogP contribution in [0.3, 0.4) is 0 Å². The lowest BCUT2D eigenvalue weighted by Gasteiger charge is -2.34. The van der Waals surface area contributed by atoms with E-state index in [1.807, 2.05) is 18.2 Å². The first-order valence-corrected chi connectivity index (χ1v) is 11.8. The maximum absolute atomic E-state index is 13.0. The second-order valence-electron chi connectivity index (χ2n) is 7.68. The summed E-state index contributed by atoms with van der Waals surface area (Å²) in [4.78, 5) is 2.41. The van der Waals surface area contributed by atoms with Crippen molar-refractivity contribution in [3.05, 3.63) is 77.7 Å². The van der Waals surface area contributed by atoms with Crippen LogP contribution in [-0.2, 0) is 23.0 Å². The van der Waals surface area contributed by atoms with Crippen LogP contribution in [0.4, 0.5) is 0 Å². The Morgan fingerprint density at radius 1 is 0.968 bits per heavy atom. The topological polar surface area (TPSA) is 81.0 Å². The van der Waals surface area contributed by atoms with Crippen LogP contribution in [0.15, 0.2) is 70.2 Å². The Morgan fingerprint density at radius 2 is 1.77 bits per heavy atom. The predicted octanol–water partition coefficient (Wildman–Crippen LogP) is 3.13. The molecule has 2 aliphatic heterocycles. The molecule has 0 bridgehead atoms. The van der Waals surface area contributed by atoms with Gasteiger partial charge in [-0.05, 0) is 41.8 Å². The molecule has 2 aromatic carbocycles. The molecule has 8 heteroatoms. The largest absolute Gasteiger partial charge is 0.486 e. The summed E-state index contributed by atoms with van der Waals surface area (Å²) >= 11 is 0. The average Bonchev–Trinajstić information content (AvgIpc) is 3.33. The Kier molecular flexibility index (Phi) is 5.43. The highest BCUT2D eigenvalue weighted by Crippen LogP contribution is 2.33. The number of hydrogen-bond acceptors (Lipinski definition) is 6. The molecule has 0 radical (unpaired) electrons. The van der Waals surface area contributed by atoms with Crippen molar-refractivity contribution in [2.75, 3.05) is 26.3 Å². The summed E-state index contributed by atoms with van der Waals surface area (Å²) in [6.45, 7) is 2.63. The molecule has 0 amide bonds. The molecule has 0 saturated heterocycles. The van der Waals surface area contributed by atoms with Gasteiger partial charge in [0.1, 0.15) is 19.0 Å². The van der Waals surface area contributed by atoms with Crippen LogP contribution in [0.5, 0.6) is 11.5 Å². The molecule has 1 aromatic heterocycles. The van der Waals surface area contributed by atoms with Gasteiger partial charge in [0.25, 0.3) is 0 Å². The first-order valence-electron chi connectivity index (χ1n) is 10.3. The van der Waals surface area contributed by atoms with E-state index in [4.69, 9.17) is 13.9 Å². The summed E-state index contributed by atoms with van der Waals surface area (Å²) in [6.07, 6.45) is 2.54.